The van der Waals surface area contributed by atoms with Gasteiger partial charge in [0.25, 0.3) is 0 Å². The van der Waals surface area contributed by atoms with E-state index in [-0.39, 0.29) is 0 Å². The zero-order valence-corrected chi connectivity index (χ0v) is 37.6. The Labute approximate surface area is 398 Å². The molecule has 68 heavy (non-hydrogen) atoms. The molecule has 0 fully saturated rings. The molecule has 10 aromatic rings. The van der Waals surface area contributed by atoms with E-state index >= 15 is 0 Å². The first-order valence-corrected chi connectivity index (χ1v) is 23.1. The van der Waals surface area contributed by atoms with Crippen LogP contribution in [-0.4, -0.2) is 18.4 Å². The van der Waals surface area contributed by atoms with Crippen LogP contribution >= 0.6 is 0 Å². The number of benzene rings is 10. The van der Waals surface area contributed by atoms with Crippen LogP contribution in [0.3, 0.4) is 0 Å². The molecule has 3 nitrogen and oxygen atoms in total. The lowest BCUT2D eigenvalue weighted by molar-refractivity contribution is 0.766. The first-order valence-electron chi connectivity index (χ1n) is 23.1. The molecule has 11 rings (SSSR count). The van der Waals surface area contributed by atoms with Crippen molar-refractivity contribution >= 4 is 18.4 Å². The third-order valence-corrected chi connectivity index (χ3v) is 13.1. The topological polar surface area (TPSA) is 37.1 Å². The summed E-state index contributed by atoms with van der Waals surface area (Å²) in [6, 6.07) is 92.8. The molecular weight excluding hydrogens is 823 g/mol. The molecule has 0 spiro atoms. The van der Waals surface area contributed by atoms with E-state index in [4.69, 9.17) is 9.98 Å². The van der Waals surface area contributed by atoms with Crippen LogP contribution < -0.4 is 0 Å². The van der Waals surface area contributed by atoms with Crippen molar-refractivity contribution in [3.05, 3.63) is 300 Å². The summed E-state index contributed by atoms with van der Waals surface area (Å²) in [6.45, 7) is 4.51. The van der Waals surface area contributed by atoms with E-state index < -0.39 is 5.41 Å². The van der Waals surface area contributed by atoms with E-state index in [1.807, 2.05) is 12.1 Å². The average Bonchev–Trinajstić information content (AvgIpc) is 3.72. The van der Waals surface area contributed by atoms with Gasteiger partial charge in [0.15, 0.2) is 11.7 Å². The fraction of sp³-hybridized carbons (Fsp3) is 0.0308. The Morgan fingerprint density at radius 2 is 0.721 bits per heavy atom. The van der Waals surface area contributed by atoms with Gasteiger partial charge in [-0.2, -0.15) is 0 Å². The molecule has 0 amide bonds. The molecule has 322 valence electrons. The summed E-state index contributed by atoms with van der Waals surface area (Å²) in [5.41, 5.74) is 18.4. The summed E-state index contributed by atoms with van der Waals surface area (Å²) in [7, 11) is 0. The molecule has 0 aliphatic heterocycles. The lowest BCUT2D eigenvalue weighted by Gasteiger charge is -2.34. The summed E-state index contributed by atoms with van der Waals surface area (Å²) in [6.07, 6.45) is 0. The van der Waals surface area contributed by atoms with Gasteiger partial charge in [0.05, 0.1) is 12.0 Å². The summed E-state index contributed by atoms with van der Waals surface area (Å²) >= 11 is 0. The molecule has 1 aliphatic carbocycles. The zero-order valence-electron chi connectivity index (χ0n) is 37.6. The Kier molecular flexibility index (Phi) is 11.5. The highest BCUT2D eigenvalue weighted by Crippen LogP contribution is 2.56. The molecule has 0 saturated carbocycles. The minimum Gasteiger partial charge on any atom is -0.261 e. The van der Waals surface area contributed by atoms with Gasteiger partial charge in [0, 0.05) is 11.1 Å². The van der Waals surface area contributed by atoms with Gasteiger partial charge in [0.2, 0.25) is 0 Å². The number of hydrogen-bond donors (Lipinski definition) is 0. The van der Waals surface area contributed by atoms with Crippen molar-refractivity contribution in [1.29, 1.82) is 0 Å². The highest BCUT2D eigenvalue weighted by Gasteiger charge is 2.46. The molecule has 10 aromatic carbocycles. The number of aliphatic imine (C=N–C) groups is 3. The van der Waals surface area contributed by atoms with Crippen molar-refractivity contribution in [2.24, 2.45) is 15.0 Å². The molecule has 0 unspecified atom stereocenters. The van der Waals surface area contributed by atoms with Crippen LogP contribution in [0.4, 0.5) is 0 Å². The molecule has 0 radical (unpaired) electrons. The predicted molar refractivity (Wildman–Crippen MR) is 285 cm³/mol. The minimum atomic E-state index is -0.524. The van der Waals surface area contributed by atoms with E-state index in [0.29, 0.717) is 18.2 Å². The van der Waals surface area contributed by atoms with Crippen molar-refractivity contribution < 1.29 is 0 Å². The first kappa shape index (κ1) is 41.9. The second-order valence-electron chi connectivity index (χ2n) is 17.2. The van der Waals surface area contributed by atoms with Gasteiger partial charge in [0.1, 0.15) is 0 Å². The van der Waals surface area contributed by atoms with Crippen LogP contribution in [0.15, 0.2) is 276 Å². The van der Waals surface area contributed by atoms with E-state index in [9.17, 15) is 0 Å². The van der Waals surface area contributed by atoms with E-state index in [2.05, 4.69) is 260 Å². The molecule has 3 heteroatoms. The number of hydrogen-bond acceptors (Lipinski definition) is 1. The first-order chi connectivity index (χ1) is 33.7. The molecule has 0 N–H and O–H groups in total. The standard InChI is InChI=1S/C65H47N3/c1-66-63(55-41-51(47-22-8-2-9-23-47)39-52(42-55)48-24-10-3-11-25-48)68-64(56-43-53(49-26-12-4-13-27-49)40-54(44-56)50-28-14-5-15-29-50)67-45-46-36-37-60-59-34-20-21-35-61(59)65(62(60)38-46,57-30-16-6-17-31-57)58-32-18-7-19-33-58/h2-44H,1,45H2/b67-64-,68-63-. The Morgan fingerprint density at radius 3 is 1.16 bits per heavy atom. The van der Waals surface area contributed by atoms with Crippen molar-refractivity contribution in [1.82, 2.24) is 0 Å². The van der Waals surface area contributed by atoms with Crippen LogP contribution in [0, 0.1) is 0 Å². The smallest absolute Gasteiger partial charge is 0.161 e. The van der Waals surface area contributed by atoms with Crippen LogP contribution in [0.1, 0.15) is 38.9 Å². The van der Waals surface area contributed by atoms with Crippen molar-refractivity contribution in [3.63, 3.8) is 0 Å². The third-order valence-electron chi connectivity index (χ3n) is 13.1. The monoisotopic (exact) mass is 869 g/mol. The molecule has 0 bridgehead atoms. The van der Waals surface area contributed by atoms with Crippen LogP contribution in [0.5, 0.6) is 0 Å². The highest BCUT2D eigenvalue weighted by molar-refractivity contribution is 6.14. The van der Waals surface area contributed by atoms with Crippen LogP contribution in [-0.2, 0) is 12.0 Å². The Morgan fingerprint density at radius 1 is 0.338 bits per heavy atom. The second kappa shape index (κ2) is 18.6. The van der Waals surface area contributed by atoms with Crippen molar-refractivity contribution in [2.45, 2.75) is 12.0 Å². The fourth-order valence-electron chi connectivity index (χ4n) is 9.94. The number of rotatable bonds is 10. The van der Waals surface area contributed by atoms with Gasteiger partial charge < -0.3 is 0 Å². The Bertz CT molecular complexity index is 3300. The van der Waals surface area contributed by atoms with E-state index in [1.165, 1.54) is 33.4 Å². The van der Waals surface area contributed by atoms with Gasteiger partial charge in [-0.3, -0.25) is 4.99 Å². The summed E-state index contributed by atoms with van der Waals surface area (Å²) in [4.78, 5) is 15.7. The average molecular weight is 870 g/mol. The van der Waals surface area contributed by atoms with Gasteiger partial charge >= 0.3 is 0 Å². The maximum absolute atomic E-state index is 5.52. The SMILES string of the molecule is C=N/C(=N\C(=N/Cc1ccc2c(c1)C(c1ccccc1)(c1ccccc1)c1ccccc1-2)c1cc(-c2ccccc2)cc(-c2ccccc2)c1)c1cc(-c2ccccc2)cc(-c2ccccc2)c1. The summed E-state index contributed by atoms with van der Waals surface area (Å²) < 4.78 is 0. The van der Waals surface area contributed by atoms with Crippen molar-refractivity contribution in [2.75, 3.05) is 0 Å². The third kappa shape index (κ3) is 8.01. The lowest BCUT2D eigenvalue weighted by Crippen LogP contribution is -2.28. The number of fused-ring (bicyclic) bond motifs is 3. The van der Waals surface area contributed by atoms with Gasteiger partial charge in [-0.1, -0.05) is 224 Å². The summed E-state index contributed by atoms with van der Waals surface area (Å²) in [5.74, 6) is 1.05. The van der Waals surface area contributed by atoms with Crippen molar-refractivity contribution in [3.8, 4) is 55.6 Å². The Hall–Kier alpha value is -8.79. The van der Waals surface area contributed by atoms with E-state index in [0.717, 1.165) is 61.2 Å². The van der Waals surface area contributed by atoms with Crippen LogP contribution in [0.2, 0.25) is 0 Å². The quantitative estimate of drug-likeness (QED) is 0.0970. The lowest BCUT2D eigenvalue weighted by atomic mass is 9.67. The van der Waals surface area contributed by atoms with Gasteiger partial charge in [-0.25, -0.2) is 9.98 Å². The molecule has 0 aromatic heterocycles. The second-order valence-corrected chi connectivity index (χ2v) is 17.2. The maximum Gasteiger partial charge on any atom is 0.161 e. The Balaban J connectivity index is 1.11. The number of nitrogens with zero attached hydrogens (tertiary/aromatic N) is 3. The maximum atomic E-state index is 5.52. The fourth-order valence-corrected chi connectivity index (χ4v) is 9.94. The molecule has 0 saturated heterocycles. The largest absolute Gasteiger partial charge is 0.261 e. The normalized spacial score (nSPS) is 12.8. The van der Waals surface area contributed by atoms with Crippen LogP contribution in [0.25, 0.3) is 55.6 Å². The van der Waals surface area contributed by atoms with Gasteiger partial charge in [-0.15, -0.1) is 0 Å². The van der Waals surface area contributed by atoms with Gasteiger partial charge in [-0.05, 0) is 127 Å². The predicted octanol–water partition coefficient (Wildman–Crippen LogP) is 15.8. The zero-order chi connectivity index (χ0) is 45.7. The number of amidine groups is 2. The molecule has 0 heterocycles. The summed E-state index contributed by atoms with van der Waals surface area (Å²) in [5, 5.41) is 0. The molecule has 0 atom stereocenters. The van der Waals surface area contributed by atoms with E-state index in [1.54, 1.807) is 0 Å². The minimum absolute atomic E-state index is 0.377. The molecule has 1 aliphatic rings. The molecular formula is C65H47N3. The highest BCUT2D eigenvalue weighted by atomic mass is 15.0.